The normalized spacial score (nSPS) is 17.8. The predicted octanol–water partition coefficient (Wildman–Crippen LogP) is 5.46. The van der Waals surface area contributed by atoms with Crippen LogP contribution in [0.4, 0.5) is 0 Å². The van der Waals surface area contributed by atoms with Gasteiger partial charge in [0, 0.05) is 34.9 Å². The Morgan fingerprint density at radius 2 is 1.94 bits per heavy atom. The van der Waals surface area contributed by atoms with E-state index < -0.39 is 11.9 Å². The molecule has 0 bridgehead atoms. The summed E-state index contributed by atoms with van der Waals surface area (Å²) in [5.41, 5.74) is 4.29. The SMILES string of the molecule is CCOC(=O)C1=C(C)NC2=C(C(=O)CCC2)[C@H]1c1ccc(OC)c(COc2ccccc2Cl)c1. The van der Waals surface area contributed by atoms with Crippen molar-refractivity contribution in [2.24, 2.45) is 0 Å². The molecule has 1 atom stereocenters. The minimum atomic E-state index is -0.520. The van der Waals surface area contributed by atoms with E-state index in [0.29, 0.717) is 39.8 Å². The van der Waals surface area contributed by atoms with Crippen LogP contribution in [0.1, 0.15) is 50.2 Å². The summed E-state index contributed by atoms with van der Waals surface area (Å²) < 4.78 is 16.9. The van der Waals surface area contributed by atoms with Gasteiger partial charge >= 0.3 is 5.97 Å². The lowest BCUT2D eigenvalue weighted by Crippen LogP contribution is -2.34. The third-order valence-corrected chi connectivity index (χ3v) is 6.44. The van der Waals surface area contributed by atoms with Crippen LogP contribution < -0.4 is 14.8 Å². The zero-order valence-corrected chi connectivity index (χ0v) is 20.3. The number of Topliss-reactive ketones (excluding diaryl/α,β-unsaturated/α-hetero) is 1. The van der Waals surface area contributed by atoms with Gasteiger partial charge in [-0.25, -0.2) is 4.79 Å². The van der Waals surface area contributed by atoms with E-state index in [-0.39, 0.29) is 19.0 Å². The smallest absolute Gasteiger partial charge is 0.336 e. The fourth-order valence-corrected chi connectivity index (χ4v) is 4.79. The first-order chi connectivity index (χ1) is 16.4. The zero-order chi connectivity index (χ0) is 24.2. The molecule has 2 aliphatic rings. The van der Waals surface area contributed by atoms with Crippen LogP contribution >= 0.6 is 11.6 Å². The van der Waals surface area contributed by atoms with Gasteiger partial charge in [-0.05, 0) is 56.5 Å². The van der Waals surface area contributed by atoms with E-state index in [9.17, 15) is 9.59 Å². The second-order valence-electron chi connectivity index (χ2n) is 8.28. The molecular formula is C27H28ClNO5. The Bertz CT molecular complexity index is 1180. The molecule has 34 heavy (non-hydrogen) atoms. The van der Waals surface area contributed by atoms with E-state index in [1.807, 2.05) is 37.3 Å². The summed E-state index contributed by atoms with van der Waals surface area (Å²) >= 11 is 6.24. The lowest BCUT2D eigenvalue weighted by Gasteiger charge is -2.34. The Balaban J connectivity index is 1.77. The lowest BCUT2D eigenvalue weighted by molar-refractivity contribution is -0.138. The average Bonchev–Trinajstić information content (AvgIpc) is 2.82. The van der Waals surface area contributed by atoms with E-state index in [1.165, 1.54) is 0 Å². The van der Waals surface area contributed by atoms with Crippen LogP contribution in [0.5, 0.6) is 11.5 Å². The summed E-state index contributed by atoms with van der Waals surface area (Å²) in [6, 6.07) is 12.9. The molecule has 6 nitrogen and oxygen atoms in total. The number of ether oxygens (including phenoxy) is 3. The number of benzene rings is 2. The molecule has 1 heterocycles. The number of nitrogens with one attached hydrogen (secondary N) is 1. The van der Waals surface area contributed by atoms with Gasteiger partial charge in [-0.2, -0.15) is 0 Å². The molecule has 0 spiro atoms. The standard InChI is InChI=1S/C27H28ClNO5/c1-4-33-27(31)24-16(2)29-20-9-7-10-21(30)26(20)25(24)17-12-13-22(32-3)18(14-17)15-34-23-11-6-5-8-19(23)28/h5-6,8,11-14,25,29H,4,7,9-10,15H2,1-3H3/t25-/m0/s1. The summed E-state index contributed by atoms with van der Waals surface area (Å²) in [5, 5.41) is 3.82. The summed E-state index contributed by atoms with van der Waals surface area (Å²) in [5.74, 6) is 0.319. The van der Waals surface area contributed by atoms with Crippen molar-refractivity contribution in [3.05, 3.63) is 81.2 Å². The first kappa shape index (κ1) is 23.9. The fraction of sp³-hybridized carbons (Fsp3) is 0.333. The van der Waals surface area contributed by atoms with Gasteiger partial charge in [0.1, 0.15) is 18.1 Å². The predicted molar refractivity (Wildman–Crippen MR) is 130 cm³/mol. The van der Waals surface area contributed by atoms with Gasteiger partial charge < -0.3 is 19.5 Å². The number of para-hydroxylation sites is 1. The second kappa shape index (κ2) is 10.3. The number of rotatable bonds is 7. The summed E-state index contributed by atoms with van der Waals surface area (Å²) in [7, 11) is 1.60. The van der Waals surface area contributed by atoms with Crippen molar-refractivity contribution in [1.29, 1.82) is 0 Å². The third kappa shape index (κ3) is 4.68. The maximum absolute atomic E-state index is 13.1. The van der Waals surface area contributed by atoms with E-state index in [2.05, 4.69) is 5.32 Å². The molecule has 0 unspecified atom stereocenters. The van der Waals surface area contributed by atoms with Crippen LogP contribution in [0, 0.1) is 0 Å². The summed E-state index contributed by atoms with van der Waals surface area (Å²) in [6.07, 6.45) is 2.02. The largest absolute Gasteiger partial charge is 0.496 e. The maximum Gasteiger partial charge on any atom is 0.336 e. The number of hydrogen-bond donors (Lipinski definition) is 1. The third-order valence-electron chi connectivity index (χ3n) is 6.13. The van der Waals surface area contributed by atoms with Gasteiger partial charge in [-0.3, -0.25) is 4.79 Å². The molecule has 178 valence electrons. The molecule has 2 aromatic rings. The molecule has 0 radical (unpaired) electrons. The number of carbonyl (C=O) groups is 2. The van der Waals surface area contributed by atoms with Crippen LogP contribution in [-0.2, 0) is 20.9 Å². The molecular weight excluding hydrogens is 454 g/mol. The van der Waals surface area contributed by atoms with Crippen molar-refractivity contribution in [3.8, 4) is 11.5 Å². The molecule has 1 aliphatic heterocycles. The quantitative estimate of drug-likeness (QED) is 0.529. The minimum Gasteiger partial charge on any atom is -0.496 e. The van der Waals surface area contributed by atoms with Crippen molar-refractivity contribution >= 4 is 23.4 Å². The number of esters is 1. The number of hydrogen-bond acceptors (Lipinski definition) is 6. The molecule has 0 fully saturated rings. The fourth-order valence-electron chi connectivity index (χ4n) is 4.60. The number of methoxy groups -OCH3 is 1. The van der Waals surface area contributed by atoms with Crippen LogP contribution in [0.25, 0.3) is 0 Å². The summed E-state index contributed by atoms with van der Waals surface area (Å²) in [6.45, 7) is 4.09. The highest BCUT2D eigenvalue weighted by atomic mass is 35.5. The Hall–Kier alpha value is -3.25. The van der Waals surface area contributed by atoms with Crippen molar-refractivity contribution in [2.45, 2.75) is 45.6 Å². The molecule has 2 aromatic carbocycles. The molecule has 0 amide bonds. The van der Waals surface area contributed by atoms with Gasteiger partial charge in [-0.15, -0.1) is 0 Å². The Morgan fingerprint density at radius 1 is 1.15 bits per heavy atom. The lowest BCUT2D eigenvalue weighted by atomic mass is 9.75. The Kier molecular flexibility index (Phi) is 7.27. The molecule has 1 N–H and O–H groups in total. The van der Waals surface area contributed by atoms with Crippen LogP contribution in [-0.4, -0.2) is 25.5 Å². The van der Waals surface area contributed by atoms with Crippen molar-refractivity contribution < 1.29 is 23.8 Å². The first-order valence-corrected chi connectivity index (χ1v) is 11.8. The van der Waals surface area contributed by atoms with E-state index >= 15 is 0 Å². The van der Waals surface area contributed by atoms with E-state index in [1.54, 1.807) is 26.2 Å². The van der Waals surface area contributed by atoms with Crippen molar-refractivity contribution in [1.82, 2.24) is 5.32 Å². The minimum absolute atomic E-state index is 0.0535. The van der Waals surface area contributed by atoms with Crippen LogP contribution in [0.2, 0.25) is 5.02 Å². The first-order valence-electron chi connectivity index (χ1n) is 11.4. The number of dihydropyridines is 1. The number of allylic oxidation sites excluding steroid dienone is 3. The average molecular weight is 482 g/mol. The Morgan fingerprint density at radius 3 is 2.68 bits per heavy atom. The molecule has 1 aliphatic carbocycles. The van der Waals surface area contributed by atoms with Crippen molar-refractivity contribution in [3.63, 3.8) is 0 Å². The highest BCUT2D eigenvalue weighted by Gasteiger charge is 2.39. The van der Waals surface area contributed by atoms with Crippen LogP contribution in [0.15, 0.2) is 65.0 Å². The Labute approximate surface area is 204 Å². The van der Waals surface area contributed by atoms with Gasteiger partial charge in [0.2, 0.25) is 0 Å². The highest BCUT2D eigenvalue weighted by molar-refractivity contribution is 6.32. The number of ketones is 1. The van der Waals surface area contributed by atoms with Gasteiger partial charge in [0.15, 0.2) is 5.78 Å². The summed E-state index contributed by atoms with van der Waals surface area (Å²) in [4.78, 5) is 26.1. The monoisotopic (exact) mass is 481 g/mol. The van der Waals surface area contributed by atoms with Gasteiger partial charge in [0.05, 0.1) is 24.3 Å². The highest BCUT2D eigenvalue weighted by Crippen LogP contribution is 2.43. The van der Waals surface area contributed by atoms with Crippen molar-refractivity contribution in [2.75, 3.05) is 13.7 Å². The molecule has 0 saturated heterocycles. The molecule has 7 heteroatoms. The topological polar surface area (TPSA) is 73.9 Å². The molecule has 0 aromatic heterocycles. The number of halogens is 1. The van der Waals surface area contributed by atoms with E-state index in [4.69, 9.17) is 25.8 Å². The van der Waals surface area contributed by atoms with Gasteiger partial charge in [-0.1, -0.05) is 29.8 Å². The molecule has 4 rings (SSSR count). The van der Waals surface area contributed by atoms with E-state index in [0.717, 1.165) is 29.7 Å². The maximum atomic E-state index is 13.1. The number of carbonyl (C=O) groups excluding carboxylic acids is 2. The second-order valence-corrected chi connectivity index (χ2v) is 8.68. The molecule has 0 saturated carbocycles. The zero-order valence-electron chi connectivity index (χ0n) is 19.6. The van der Waals surface area contributed by atoms with Gasteiger partial charge in [0.25, 0.3) is 0 Å². The van der Waals surface area contributed by atoms with Crippen LogP contribution in [0.3, 0.4) is 0 Å².